The fraction of sp³-hybridized carbons (Fsp3) is 0.0455. The second kappa shape index (κ2) is 8.92. The summed E-state index contributed by atoms with van der Waals surface area (Å²) in [6.45, 7) is 1.46. The van der Waals surface area contributed by atoms with Crippen molar-refractivity contribution in [2.75, 3.05) is 5.32 Å². The van der Waals surface area contributed by atoms with Gasteiger partial charge in [0.2, 0.25) is 0 Å². The first kappa shape index (κ1) is 19.3. The second-order valence-electron chi connectivity index (χ2n) is 5.98. The maximum atomic E-state index is 12.8. The molecular formula is C22H18N2O3S. The molecule has 0 aliphatic rings. The van der Waals surface area contributed by atoms with E-state index >= 15 is 0 Å². The van der Waals surface area contributed by atoms with E-state index in [-0.39, 0.29) is 17.4 Å². The average Bonchev–Trinajstić information content (AvgIpc) is 3.21. The van der Waals surface area contributed by atoms with Crippen LogP contribution in [-0.2, 0) is 4.79 Å². The Balaban J connectivity index is 1.84. The summed E-state index contributed by atoms with van der Waals surface area (Å²) < 4.78 is 0. The van der Waals surface area contributed by atoms with Gasteiger partial charge < -0.3 is 10.6 Å². The van der Waals surface area contributed by atoms with Crippen LogP contribution in [-0.4, -0.2) is 17.6 Å². The van der Waals surface area contributed by atoms with Gasteiger partial charge in [-0.2, -0.15) is 0 Å². The first-order valence-electron chi connectivity index (χ1n) is 8.57. The molecule has 0 saturated carbocycles. The minimum absolute atomic E-state index is 0.0946. The number of anilines is 1. The van der Waals surface area contributed by atoms with Crippen LogP contribution >= 0.6 is 11.3 Å². The molecule has 28 heavy (non-hydrogen) atoms. The van der Waals surface area contributed by atoms with Gasteiger partial charge in [-0.1, -0.05) is 36.4 Å². The molecule has 0 spiro atoms. The molecule has 0 unspecified atom stereocenters. The lowest BCUT2D eigenvalue weighted by atomic mass is 10.1. The quantitative estimate of drug-likeness (QED) is 0.485. The summed E-state index contributed by atoms with van der Waals surface area (Å²) in [6.07, 6.45) is 1.62. The zero-order valence-corrected chi connectivity index (χ0v) is 16.0. The third kappa shape index (κ3) is 5.02. The maximum absolute atomic E-state index is 12.8. The van der Waals surface area contributed by atoms with Gasteiger partial charge in [0.25, 0.3) is 11.8 Å². The highest BCUT2D eigenvalue weighted by atomic mass is 32.1. The Labute approximate surface area is 166 Å². The molecule has 3 aromatic rings. The van der Waals surface area contributed by atoms with Crippen LogP contribution in [0.2, 0.25) is 0 Å². The summed E-state index contributed by atoms with van der Waals surface area (Å²) in [5.74, 6) is -0.947. The number of hydrogen-bond donors (Lipinski definition) is 2. The molecule has 0 fully saturated rings. The van der Waals surface area contributed by atoms with Crippen LogP contribution in [0.25, 0.3) is 6.08 Å². The second-order valence-corrected chi connectivity index (χ2v) is 6.96. The number of hydrogen-bond acceptors (Lipinski definition) is 4. The molecule has 2 aromatic carbocycles. The minimum atomic E-state index is -0.474. The van der Waals surface area contributed by atoms with Crippen LogP contribution in [0.5, 0.6) is 0 Å². The molecule has 2 amide bonds. The molecule has 140 valence electrons. The maximum Gasteiger partial charge on any atom is 0.272 e. The molecule has 5 nitrogen and oxygen atoms in total. The zero-order chi connectivity index (χ0) is 19.9. The Morgan fingerprint density at radius 2 is 1.64 bits per heavy atom. The van der Waals surface area contributed by atoms with Gasteiger partial charge in [0.15, 0.2) is 5.78 Å². The number of Topliss-reactive ketones (excluding diaryl/α,β-unsaturated/α-hetero) is 1. The predicted octanol–water partition coefficient (Wildman–Crippen LogP) is 4.36. The lowest BCUT2D eigenvalue weighted by molar-refractivity contribution is -0.113. The standard InChI is InChI=1S/C22H18N2O3S/c1-15(25)17-9-5-10-18(13-17)23-22(27)20(14-19-11-6-12-28-19)24-21(26)16-7-3-2-4-8-16/h2-14H,1H3,(H,23,27)(H,24,26)/b20-14+. The lowest BCUT2D eigenvalue weighted by Gasteiger charge is -2.11. The van der Waals surface area contributed by atoms with E-state index in [2.05, 4.69) is 10.6 Å². The van der Waals surface area contributed by atoms with Gasteiger partial charge in [-0.25, -0.2) is 0 Å². The molecule has 6 heteroatoms. The summed E-state index contributed by atoms with van der Waals surface area (Å²) in [6, 6.07) is 19.0. The molecule has 3 rings (SSSR count). The Morgan fingerprint density at radius 3 is 2.32 bits per heavy atom. The Hall–Kier alpha value is -3.51. The molecule has 1 heterocycles. The van der Waals surface area contributed by atoms with Gasteiger partial charge in [0.05, 0.1) is 0 Å². The van der Waals surface area contributed by atoms with E-state index in [9.17, 15) is 14.4 Å². The molecule has 0 bridgehead atoms. The number of amides is 2. The third-order valence-corrected chi connectivity index (χ3v) is 4.70. The van der Waals surface area contributed by atoms with Crippen molar-refractivity contribution in [3.63, 3.8) is 0 Å². The lowest BCUT2D eigenvalue weighted by Crippen LogP contribution is -2.30. The minimum Gasteiger partial charge on any atom is -0.321 e. The molecule has 0 aliphatic heterocycles. The molecule has 0 aliphatic carbocycles. The highest BCUT2D eigenvalue weighted by Gasteiger charge is 2.15. The van der Waals surface area contributed by atoms with Gasteiger partial charge in [0.1, 0.15) is 5.70 Å². The van der Waals surface area contributed by atoms with Crippen molar-refractivity contribution in [1.29, 1.82) is 0 Å². The number of rotatable bonds is 6. The van der Waals surface area contributed by atoms with E-state index in [1.807, 2.05) is 23.6 Å². The Kier molecular flexibility index (Phi) is 6.14. The van der Waals surface area contributed by atoms with Gasteiger partial charge >= 0.3 is 0 Å². The molecule has 0 saturated heterocycles. The summed E-state index contributed by atoms with van der Waals surface area (Å²) in [7, 11) is 0. The first-order chi connectivity index (χ1) is 13.5. The fourth-order valence-electron chi connectivity index (χ4n) is 2.47. The predicted molar refractivity (Wildman–Crippen MR) is 111 cm³/mol. The van der Waals surface area contributed by atoms with Crippen molar-refractivity contribution in [1.82, 2.24) is 5.32 Å². The van der Waals surface area contributed by atoms with Crippen LogP contribution in [0.15, 0.2) is 77.8 Å². The van der Waals surface area contributed by atoms with E-state index < -0.39 is 5.91 Å². The summed E-state index contributed by atoms with van der Waals surface area (Å²) in [4.78, 5) is 37.7. The van der Waals surface area contributed by atoms with Crippen LogP contribution in [0.1, 0.15) is 32.5 Å². The van der Waals surface area contributed by atoms with E-state index in [0.717, 1.165) is 4.88 Å². The van der Waals surface area contributed by atoms with E-state index in [1.54, 1.807) is 54.6 Å². The highest BCUT2D eigenvalue weighted by Crippen LogP contribution is 2.16. The van der Waals surface area contributed by atoms with Crippen LogP contribution in [0, 0.1) is 0 Å². The Bertz CT molecular complexity index is 1020. The van der Waals surface area contributed by atoms with Crippen molar-refractivity contribution in [2.45, 2.75) is 6.92 Å². The van der Waals surface area contributed by atoms with Crippen LogP contribution in [0.4, 0.5) is 5.69 Å². The van der Waals surface area contributed by atoms with Crippen molar-refractivity contribution in [3.05, 3.63) is 93.8 Å². The molecule has 0 atom stereocenters. The molecule has 0 radical (unpaired) electrons. The van der Waals surface area contributed by atoms with E-state index in [4.69, 9.17) is 0 Å². The molecule has 2 N–H and O–H groups in total. The van der Waals surface area contributed by atoms with Gasteiger partial charge in [-0.3, -0.25) is 14.4 Å². The summed E-state index contributed by atoms with van der Waals surface area (Å²) in [5, 5.41) is 7.30. The highest BCUT2D eigenvalue weighted by molar-refractivity contribution is 7.10. The SMILES string of the molecule is CC(=O)c1cccc(NC(=O)/C(=C\c2cccs2)NC(=O)c2ccccc2)c1. The number of benzene rings is 2. The largest absolute Gasteiger partial charge is 0.321 e. The first-order valence-corrected chi connectivity index (χ1v) is 9.45. The molecule has 1 aromatic heterocycles. The van der Waals surface area contributed by atoms with Gasteiger partial charge in [-0.05, 0) is 48.7 Å². The zero-order valence-electron chi connectivity index (χ0n) is 15.1. The van der Waals surface area contributed by atoms with Crippen LogP contribution in [0.3, 0.4) is 0 Å². The number of carbonyl (C=O) groups excluding carboxylic acids is 3. The smallest absolute Gasteiger partial charge is 0.272 e. The number of carbonyl (C=O) groups is 3. The fourth-order valence-corrected chi connectivity index (χ4v) is 3.13. The monoisotopic (exact) mass is 390 g/mol. The normalized spacial score (nSPS) is 11.0. The Morgan fingerprint density at radius 1 is 0.893 bits per heavy atom. The van der Waals surface area contributed by atoms with Gasteiger partial charge in [0, 0.05) is 21.7 Å². The van der Waals surface area contributed by atoms with E-state index in [0.29, 0.717) is 16.8 Å². The third-order valence-electron chi connectivity index (χ3n) is 3.89. The van der Waals surface area contributed by atoms with Crippen molar-refractivity contribution in [3.8, 4) is 0 Å². The number of thiophene rings is 1. The number of nitrogens with one attached hydrogen (secondary N) is 2. The van der Waals surface area contributed by atoms with Crippen molar-refractivity contribution >= 4 is 40.7 Å². The van der Waals surface area contributed by atoms with Gasteiger partial charge in [-0.15, -0.1) is 11.3 Å². The van der Waals surface area contributed by atoms with Crippen LogP contribution < -0.4 is 10.6 Å². The van der Waals surface area contributed by atoms with E-state index in [1.165, 1.54) is 18.3 Å². The van der Waals surface area contributed by atoms with Crippen molar-refractivity contribution < 1.29 is 14.4 Å². The van der Waals surface area contributed by atoms with Crippen molar-refractivity contribution in [2.24, 2.45) is 0 Å². The molecular weight excluding hydrogens is 372 g/mol. The summed E-state index contributed by atoms with van der Waals surface area (Å²) >= 11 is 1.45. The number of ketones is 1. The topological polar surface area (TPSA) is 75.3 Å². The average molecular weight is 390 g/mol. The summed E-state index contributed by atoms with van der Waals surface area (Å²) in [5.41, 5.74) is 1.54.